The molecule has 8 nitrogen and oxygen atoms in total. The van der Waals surface area contributed by atoms with E-state index in [2.05, 4.69) is 26.7 Å². The van der Waals surface area contributed by atoms with E-state index in [4.69, 9.17) is 4.74 Å². The number of anilines is 1. The van der Waals surface area contributed by atoms with Gasteiger partial charge in [0.2, 0.25) is 5.91 Å². The average Bonchev–Trinajstić information content (AvgIpc) is 3.10. The number of aryl methyl sites for hydroxylation is 2. The third-order valence-corrected chi connectivity index (χ3v) is 5.42. The van der Waals surface area contributed by atoms with Gasteiger partial charge in [-0.2, -0.15) is 0 Å². The molecule has 0 aromatic heterocycles. The van der Waals surface area contributed by atoms with Gasteiger partial charge in [0.1, 0.15) is 0 Å². The number of esters is 1. The van der Waals surface area contributed by atoms with E-state index in [0.29, 0.717) is 11.3 Å². The fourth-order valence-electron chi connectivity index (χ4n) is 3.20. The van der Waals surface area contributed by atoms with E-state index >= 15 is 0 Å². The van der Waals surface area contributed by atoms with Crippen molar-refractivity contribution < 1.29 is 23.9 Å². The molecule has 0 unspecified atom stereocenters. The van der Waals surface area contributed by atoms with Gasteiger partial charge in [-0.1, -0.05) is 34.1 Å². The molecule has 3 rings (SSSR count). The van der Waals surface area contributed by atoms with Crippen LogP contribution >= 0.6 is 15.9 Å². The summed E-state index contributed by atoms with van der Waals surface area (Å²) in [5, 5.41) is 3.84. The standard InChI is InChI=1S/C22H22BrN3O5/c1-13-4-3-5-14(2)20(13)24-18(27)12-31-22(30)16-10-19(28)26(11-16)25-21(29)15-6-8-17(23)9-7-15/h3-9,16H,10-12H2,1-2H3,(H,24,27)(H,25,29)/t16-/m1/s1. The summed E-state index contributed by atoms with van der Waals surface area (Å²) in [4.78, 5) is 49.0. The Hall–Kier alpha value is -3.20. The predicted octanol–water partition coefficient (Wildman–Crippen LogP) is 2.74. The summed E-state index contributed by atoms with van der Waals surface area (Å²) in [6.07, 6.45) is -0.0992. The van der Waals surface area contributed by atoms with Crippen molar-refractivity contribution in [2.24, 2.45) is 5.92 Å². The fraction of sp³-hybridized carbons (Fsp3) is 0.273. The molecule has 1 aliphatic rings. The van der Waals surface area contributed by atoms with Crippen LogP contribution in [0.25, 0.3) is 0 Å². The number of nitrogens with one attached hydrogen (secondary N) is 2. The first kappa shape index (κ1) is 22.5. The van der Waals surface area contributed by atoms with E-state index in [1.807, 2.05) is 32.0 Å². The Morgan fingerprint density at radius 1 is 1.10 bits per heavy atom. The average molecular weight is 488 g/mol. The number of para-hydroxylation sites is 1. The SMILES string of the molecule is Cc1cccc(C)c1NC(=O)COC(=O)[C@@H]1CC(=O)N(NC(=O)c2ccc(Br)cc2)C1. The summed E-state index contributed by atoms with van der Waals surface area (Å²) in [6, 6.07) is 12.3. The highest BCUT2D eigenvalue weighted by Gasteiger charge is 2.36. The normalized spacial score (nSPS) is 15.5. The summed E-state index contributed by atoms with van der Waals surface area (Å²) in [6.45, 7) is 3.27. The fourth-order valence-corrected chi connectivity index (χ4v) is 3.47. The van der Waals surface area contributed by atoms with Crippen LogP contribution in [0.2, 0.25) is 0 Å². The van der Waals surface area contributed by atoms with Gasteiger partial charge in [-0.3, -0.25) is 29.6 Å². The van der Waals surface area contributed by atoms with Crippen LogP contribution < -0.4 is 10.7 Å². The summed E-state index contributed by atoms with van der Waals surface area (Å²) in [7, 11) is 0. The van der Waals surface area contributed by atoms with Crippen molar-refractivity contribution in [1.82, 2.24) is 10.4 Å². The first-order chi connectivity index (χ1) is 14.7. The highest BCUT2D eigenvalue weighted by Crippen LogP contribution is 2.20. The molecule has 1 aliphatic heterocycles. The smallest absolute Gasteiger partial charge is 0.311 e. The Kier molecular flexibility index (Phi) is 7.06. The number of carbonyl (C=O) groups excluding carboxylic acids is 4. The van der Waals surface area contributed by atoms with E-state index < -0.39 is 36.2 Å². The summed E-state index contributed by atoms with van der Waals surface area (Å²) >= 11 is 3.29. The Balaban J connectivity index is 1.50. The molecule has 0 bridgehead atoms. The highest BCUT2D eigenvalue weighted by atomic mass is 79.9. The largest absolute Gasteiger partial charge is 0.455 e. The van der Waals surface area contributed by atoms with Crippen LogP contribution in [0, 0.1) is 19.8 Å². The Bertz CT molecular complexity index is 1000. The molecule has 2 N–H and O–H groups in total. The quantitative estimate of drug-likeness (QED) is 0.609. The molecule has 0 radical (unpaired) electrons. The lowest BCUT2D eigenvalue weighted by Gasteiger charge is -2.17. The first-order valence-electron chi connectivity index (χ1n) is 9.64. The number of ether oxygens (including phenoxy) is 1. The lowest BCUT2D eigenvalue weighted by molar-refractivity contribution is -0.151. The third-order valence-electron chi connectivity index (χ3n) is 4.89. The highest BCUT2D eigenvalue weighted by molar-refractivity contribution is 9.10. The Morgan fingerprint density at radius 2 is 1.74 bits per heavy atom. The molecule has 1 heterocycles. The molecule has 162 valence electrons. The summed E-state index contributed by atoms with van der Waals surface area (Å²) in [5.74, 6) is -2.73. The van der Waals surface area contributed by atoms with E-state index in [0.717, 1.165) is 20.6 Å². The number of amides is 3. The third kappa shape index (κ3) is 5.69. The van der Waals surface area contributed by atoms with E-state index in [-0.39, 0.29) is 13.0 Å². The van der Waals surface area contributed by atoms with E-state index in [9.17, 15) is 19.2 Å². The molecule has 2 aromatic carbocycles. The van der Waals surface area contributed by atoms with Crippen LogP contribution in [-0.4, -0.2) is 41.9 Å². The number of benzene rings is 2. The Labute approximate surface area is 188 Å². The van der Waals surface area contributed by atoms with E-state index in [1.54, 1.807) is 24.3 Å². The second-order valence-corrected chi connectivity index (χ2v) is 8.19. The zero-order chi connectivity index (χ0) is 22.5. The lowest BCUT2D eigenvalue weighted by Crippen LogP contribution is -2.43. The van der Waals surface area contributed by atoms with Crippen molar-refractivity contribution in [1.29, 1.82) is 0 Å². The Morgan fingerprint density at radius 3 is 2.39 bits per heavy atom. The van der Waals surface area contributed by atoms with Gasteiger partial charge in [0.25, 0.3) is 11.8 Å². The van der Waals surface area contributed by atoms with Crippen molar-refractivity contribution in [2.75, 3.05) is 18.5 Å². The number of halogens is 1. The number of rotatable bonds is 6. The van der Waals surface area contributed by atoms with Gasteiger partial charge in [0, 0.05) is 22.1 Å². The summed E-state index contributed by atoms with van der Waals surface area (Å²) < 4.78 is 5.92. The molecular weight excluding hydrogens is 466 g/mol. The molecule has 0 saturated carbocycles. The van der Waals surface area contributed by atoms with Crippen molar-refractivity contribution in [3.63, 3.8) is 0 Å². The molecule has 0 aliphatic carbocycles. The molecule has 9 heteroatoms. The van der Waals surface area contributed by atoms with Gasteiger partial charge in [-0.15, -0.1) is 0 Å². The van der Waals surface area contributed by atoms with Gasteiger partial charge < -0.3 is 10.1 Å². The van der Waals surface area contributed by atoms with Crippen molar-refractivity contribution >= 4 is 45.3 Å². The van der Waals surface area contributed by atoms with Gasteiger partial charge in [-0.05, 0) is 49.2 Å². The van der Waals surface area contributed by atoms with Crippen LogP contribution in [0.15, 0.2) is 46.9 Å². The molecule has 31 heavy (non-hydrogen) atoms. The molecule has 1 saturated heterocycles. The molecule has 1 atom stereocenters. The maximum absolute atomic E-state index is 12.3. The number of hydrogen-bond acceptors (Lipinski definition) is 5. The summed E-state index contributed by atoms with van der Waals surface area (Å²) in [5.41, 5.74) is 5.37. The molecule has 0 spiro atoms. The maximum Gasteiger partial charge on any atom is 0.311 e. The van der Waals surface area contributed by atoms with Crippen LogP contribution in [-0.2, 0) is 19.1 Å². The topological polar surface area (TPSA) is 105 Å². The van der Waals surface area contributed by atoms with Gasteiger partial charge in [-0.25, -0.2) is 0 Å². The zero-order valence-electron chi connectivity index (χ0n) is 17.1. The van der Waals surface area contributed by atoms with Gasteiger partial charge in [0.15, 0.2) is 6.61 Å². The van der Waals surface area contributed by atoms with Crippen LogP contribution in [0.5, 0.6) is 0 Å². The number of hydrazine groups is 1. The molecule has 2 aromatic rings. The monoisotopic (exact) mass is 487 g/mol. The van der Waals surface area contributed by atoms with Crippen LogP contribution in [0.4, 0.5) is 5.69 Å². The van der Waals surface area contributed by atoms with Crippen LogP contribution in [0.1, 0.15) is 27.9 Å². The first-order valence-corrected chi connectivity index (χ1v) is 10.4. The minimum absolute atomic E-state index is 0.0154. The van der Waals surface area contributed by atoms with Crippen molar-refractivity contribution in [3.8, 4) is 0 Å². The molecule has 1 fully saturated rings. The zero-order valence-corrected chi connectivity index (χ0v) is 18.7. The van der Waals surface area contributed by atoms with E-state index in [1.165, 1.54) is 0 Å². The minimum atomic E-state index is -0.759. The second-order valence-electron chi connectivity index (χ2n) is 7.28. The van der Waals surface area contributed by atoms with Crippen molar-refractivity contribution in [3.05, 3.63) is 63.6 Å². The predicted molar refractivity (Wildman–Crippen MR) is 117 cm³/mol. The minimum Gasteiger partial charge on any atom is -0.455 e. The van der Waals surface area contributed by atoms with Gasteiger partial charge in [0.05, 0.1) is 12.5 Å². The number of hydrogen-bond donors (Lipinski definition) is 2. The molecular formula is C22H22BrN3O5. The number of carbonyl (C=O) groups is 4. The lowest BCUT2D eigenvalue weighted by atomic mass is 10.1. The second kappa shape index (κ2) is 9.74. The van der Waals surface area contributed by atoms with Gasteiger partial charge >= 0.3 is 5.97 Å². The number of nitrogens with zero attached hydrogens (tertiary/aromatic N) is 1. The van der Waals surface area contributed by atoms with Crippen molar-refractivity contribution in [2.45, 2.75) is 20.3 Å². The van der Waals surface area contributed by atoms with Crippen LogP contribution in [0.3, 0.4) is 0 Å². The molecule has 3 amide bonds. The maximum atomic E-state index is 12.3.